The molecule has 11 heavy (non-hydrogen) atoms. The molecule has 0 N–H and O–H groups in total. The van der Waals surface area contributed by atoms with Gasteiger partial charge in [-0.05, 0) is 24.5 Å². The molecule has 0 fully saturated rings. The van der Waals surface area contributed by atoms with Gasteiger partial charge in [0.2, 0.25) is 0 Å². The Bertz CT molecular complexity index is 246. The van der Waals surface area contributed by atoms with Crippen molar-refractivity contribution in [3.05, 3.63) is 48.0 Å². The molecule has 1 unspecified atom stereocenters. The summed E-state index contributed by atoms with van der Waals surface area (Å²) in [4.78, 5) is 0. The van der Waals surface area contributed by atoms with Crippen molar-refractivity contribution in [2.45, 2.75) is 18.8 Å². The first-order valence-electron chi connectivity index (χ1n) is 4.09. The Morgan fingerprint density at radius 2 is 2.09 bits per heavy atom. The van der Waals surface area contributed by atoms with Crippen molar-refractivity contribution in [1.82, 2.24) is 0 Å². The summed E-state index contributed by atoms with van der Waals surface area (Å²) in [5.74, 6) is 0.671. The van der Waals surface area contributed by atoms with E-state index in [9.17, 15) is 0 Å². The van der Waals surface area contributed by atoms with E-state index in [2.05, 4.69) is 30.4 Å². The Morgan fingerprint density at radius 1 is 1.27 bits per heavy atom. The van der Waals surface area contributed by atoms with Crippen LogP contribution in [0.15, 0.2) is 36.4 Å². The van der Waals surface area contributed by atoms with Crippen LogP contribution in [0.2, 0.25) is 0 Å². The molecular formula is C11H11. The summed E-state index contributed by atoms with van der Waals surface area (Å²) in [6.45, 7) is 0. The normalized spacial score (nSPS) is 22.4. The van der Waals surface area contributed by atoms with Gasteiger partial charge in [0.25, 0.3) is 0 Å². The number of rotatable bonds is 1. The lowest BCUT2D eigenvalue weighted by atomic mass is 9.99. The maximum atomic E-state index is 3.03. The topological polar surface area (TPSA) is 0 Å². The first-order valence-corrected chi connectivity index (χ1v) is 4.09. The van der Waals surface area contributed by atoms with E-state index < -0.39 is 0 Å². The van der Waals surface area contributed by atoms with Crippen LogP contribution in [0.25, 0.3) is 0 Å². The van der Waals surface area contributed by atoms with E-state index >= 15 is 0 Å². The standard InChI is InChI=1S/C11H11/c1-2-6-10(7-3-1)11-8-4-5-9-11/h2-4,6-8,11H,5,9H2. The molecule has 1 aromatic rings. The zero-order valence-corrected chi connectivity index (χ0v) is 6.46. The van der Waals surface area contributed by atoms with Crippen LogP contribution in [0.3, 0.4) is 0 Å². The number of hydrogen-bond donors (Lipinski definition) is 0. The molecule has 1 aromatic carbocycles. The van der Waals surface area contributed by atoms with Gasteiger partial charge in [-0.15, -0.1) is 0 Å². The van der Waals surface area contributed by atoms with Crippen LogP contribution in [0, 0.1) is 6.07 Å². The van der Waals surface area contributed by atoms with Crippen LogP contribution in [-0.2, 0) is 0 Å². The fourth-order valence-electron chi connectivity index (χ4n) is 1.56. The van der Waals surface area contributed by atoms with Gasteiger partial charge in [-0.2, -0.15) is 0 Å². The van der Waals surface area contributed by atoms with Gasteiger partial charge in [0.05, 0.1) is 0 Å². The molecule has 2 rings (SSSR count). The average molecular weight is 143 g/mol. The maximum absolute atomic E-state index is 3.03. The molecule has 0 aliphatic heterocycles. The SMILES string of the molecule is [c]1ccc(C2C=CCC2)cc1. The molecule has 1 radical (unpaired) electrons. The highest BCUT2D eigenvalue weighted by atomic mass is 14.1. The van der Waals surface area contributed by atoms with Gasteiger partial charge in [0, 0.05) is 5.92 Å². The van der Waals surface area contributed by atoms with Crippen LogP contribution < -0.4 is 0 Å². The van der Waals surface area contributed by atoms with Gasteiger partial charge in [-0.1, -0.05) is 36.4 Å². The Kier molecular flexibility index (Phi) is 1.76. The van der Waals surface area contributed by atoms with E-state index in [1.54, 1.807) is 0 Å². The first kappa shape index (κ1) is 6.66. The van der Waals surface area contributed by atoms with Gasteiger partial charge < -0.3 is 0 Å². The summed E-state index contributed by atoms with van der Waals surface area (Å²) in [5, 5.41) is 0. The minimum atomic E-state index is 0.671. The van der Waals surface area contributed by atoms with E-state index in [0.29, 0.717) is 5.92 Å². The van der Waals surface area contributed by atoms with Crippen molar-refractivity contribution in [3.63, 3.8) is 0 Å². The molecule has 0 amide bonds. The summed E-state index contributed by atoms with van der Waals surface area (Å²) >= 11 is 0. The summed E-state index contributed by atoms with van der Waals surface area (Å²) in [5.41, 5.74) is 1.43. The second-order valence-electron chi connectivity index (χ2n) is 2.95. The molecular weight excluding hydrogens is 132 g/mol. The van der Waals surface area contributed by atoms with E-state index in [1.165, 1.54) is 18.4 Å². The highest BCUT2D eigenvalue weighted by Gasteiger charge is 2.09. The fourth-order valence-corrected chi connectivity index (χ4v) is 1.56. The van der Waals surface area contributed by atoms with Crippen LogP contribution in [0.5, 0.6) is 0 Å². The summed E-state index contributed by atoms with van der Waals surface area (Å²) in [6, 6.07) is 11.3. The Morgan fingerprint density at radius 3 is 2.73 bits per heavy atom. The average Bonchev–Trinajstić information content (AvgIpc) is 2.58. The Balaban J connectivity index is 2.23. The molecule has 0 saturated carbocycles. The Labute approximate surface area is 67.6 Å². The Hall–Kier alpha value is -1.04. The fraction of sp³-hybridized carbons (Fsp3) is 0.273. The molecule has 1 aliphatic rings. The first-order chi connectivity index (χ1) is 5.47. The second-order valence-corrected chi connectivity index (χ2v) is 2.95. The van der Waals surface area contributed by atoms with Crippen molar-refractivity contribution in [3.8, 4) is 0 Å². The lowest BCUT2D eigenvalue weighted by Gasteiger charge is -2.05. The monoisotopic (exact) mass is 143 g/mol. The molecule has 1 atom stereocenters. The second kappa shape index (κ2) is 2.91. The quantitative estimate of drug-likeness (QED) is 0.530. The lowest BCUT2D eigenvalue weighted by molar-refractivity contribution is 0.801. The largest absolute Gasteiger partial charge is 0.0879 e. The molecule has 0 heterocycles. The summed E-state index contributed by atoms with van der Waals surface area (Å²) in [6.07, 6.45) is 7.09. The molecule has 0 saturated heterocycles. The number of hydrogen-bond acceptors (Lipinski definition) is 0. The van der Waals surface area contributed by atoms with Gasteiger partial charge in [0.1, 0.15) is 0 Å². The number of allylic oxidation sites excluding steroid dienone is 2. The predicted molar refractivity (Wildman–Crippen MR) is 46.4 cm³/mol. The van der Waals surface area contributed by atoms with Crippen molar-refractivity contribution in [1.29, 1.82) is 0 Å². The van der Waals surface area contributed by atoms with Crippen LogP contribution in [0.1, 0.15) is 24.3 Å². The van der Waals surface area contributed by atoms with Crippen LogP contribution in [-0.4, -0.2) is 0 Å². The third-order valence-corrected chi connectivity index (χ3v) is 2.18. The van der Waals surface area contributed by atoms with Crippen molar-refractivity contribution in [2.24, 2.45) is 0 Å². The molecule has 1 aliphatic carbocycles. The molecule has 0 heteroatoms. The van der Waals surface area contributed by atoms with Crippen LogP contribution >= 0.6 is 0 Å². The number of benzene rings is 1. The van der Waals surface area contributed by atoms with E-state index in [1.807, 2.05) is 12.1 Å². The smallest absolute Gasteiger partial charge is 0.00209 e. The maximum Gasteiger partial charge on any atom is 0.00209 e. The van der Waals surface area contributed by atoms with E-state index in [0.717, 1.165) is 0 Å². The minimum absolute atomic E-state index is 0.671. The van der Waals surface area contributed by atoms with Crippen molar-refractivity contribution in [2.75, 3.05) is 0 Å². The van der Waals surface area contributed by atoms with Crippen molar-refractivity contribution >= 4 is 0 Å². The highest BCUT2D eigenvalue weighted by Crippen LogP contribution is 2.27. The third-order valence-electron chi connectivity index (χ3n) is 2.18. The van der Waals surface area contributed by atoms with Crippen molar-refractivity contribution < 1.29 is 0 Å². The van der Waals surface area contributed by atoms with E-state index in [-0.39, 0.29) is 0 Å². The van der Waals surface area contributed by atoms with Gasteiger partial charge >= 0.3 is 0 Å². The summed E-state index contributed by atoms with van der Waals surface area (Å²) in [7, 11) is 0. The molecule has 0 aromatic heterocycles. The molecule has 0 nitrogen and oxygen atoms in total. The zero-order valence-electron chi connectivity index (χ0n) is 6.46. The molecule has 55 valence electrons. The summed E-state index contributed by atoms with van der Waals surface area (Å²) < 4.78 is 0. The zero-order chi connectivity index (χ0) is 7.52. The minimum Gasteiger partial charge on any atom is -0.0879 e. The third kappa shape index (κ3) is 1.35. The van der Waals surface area contributed by atoms with Gasteiger partial charge in [-0.3, -0.25) is 0 Å². The van der Waals surface area contributed by atoms with E-state index in [4.69, 9.17) is 0 Å². The highest BCUT2D eigenvalue weighted by molar-refractivity contribution is 5.25. The molecule has 0 spiro atoms. The van der Waals surface area contributed by atoms with Gasteiger partial charge in [-0.25, -0.2) is 0 Å². The predicted octanol–water partition coefficient (Wildman–Crippen LogP) is 2.92. The molecule has 0 bridgehead atoms. The van der Waals surface area contributed by atoms with Crippen LogP contribution in [0.4, 0.5) is 0 Å². The lowest BCUT2D eigenvalue weighted by Crippen LogP contribution is -1.88. The van der Waals surface area contributed by atoms with Gasteiger partial charge in [0.15, 0.2) is 0 Å².